The molecule has 1 unspecified atom stereocenters. The van der Waals surface area contributed by atoms with Crippen LogP contribution >= 0.6 is 0 Å². The molecule has 0 radical (unpaired) electrons. The summed E-state index contributed by atoms with van der Waals surface area (Å²) in [5, 5.41) is 0. The van der Waals surface area contributed by atoms with E-state index in [4.69, 9.17) is 5.73 Å². The molecule has 0 saturated heterocycles. The third-order valence-electron chi connectivity index (χ3n) is 2.86. The lowest BCUT2D eigenvalue weighted by Gasteiger charge is -2.07. The molecule has 1 aliphatic carbocycles. The second-order valence-electron chi connectivity index (χ2n) is 4.35. The van der Waals surface area contributed by atoms with E-state index in [1.807, 2.05) is 0 Å². The summed E-state index contributed by atoms with van der Waals surface area (Å²) in [6, 6.07) is 7.17. The summed E-state index contributed by atoms with van der Waals surface area (Å²) in [6.07, 6.45) is 2.13. The molecule has 0 amide bonds. The fraction of sp³-hybridized carbons (Fsp3) is 0.500. The molecule has 0 saturated carbocycles. The van der Waals surface area contributed by atoms with Crippen LogP contribution in [0.25, 0.3) is 0 Å². The lowest BCUT2D eigenvalue weighted by Crippen LogP contribution is -2.18. The Balaban J connectivity index is 2.35. The number of benzene rings is 1. The van der Waals surface area contributed by atoms with Crippen molar-refractivity contribution in [3.63, 3.8) is 0 Å². The maximum atomic E-state index is 5.91. The van der Waals surface area contributed by atoms with Crippen molar-refractivity contribution in [1.82, 2.24) is 0 Å². The van der Waals surface area contributed by atoms with Gasteiger partial charge in [-0.25, -0.2) is 0 Å². The molecule has 1 atom stereocenters. The molecular weight excluding hydrogens is 158 g/mol. The molecule has 1 aliphatic rings. The molecular formula is C12H17N. The smallest absolute Gasteiger partial charge is 0.0120 e. The van der Waals surface area contributed by atoms with Crippen LogP contribution in [-0.2, 0) is 12.8 Å². The first-order valence-electron chi connectivity index (χ1n) is 5.04. The van der Waals surface area contributed by atoms with Crippen LogP contribution in [0, 0.1) is 0 Å². The zero-order valence-electron chi connectivity index (χ0n) is 8.38. The Morgan fingerprint density at radius 2 is 1.92 bits per heavy atom. The number of fused-ring (bicyclic) bond motifs is 1. The second-order valence-corrected chi connectivity index (χ2v) is 4.35. The largest absolute Gasteiger partial charge is 0.327 e. The van der Waals surface area contributed by atoms with E-state index in [9.17, 15) is 0 Å². The molecule has 2 rings (SSSR count). The summed E-state index contributed by atoms with van der Waals surface area (Å²) in [5.74, 6) is 0.627. The van der Waals surface area contributed by atoms with Gasteiger partial charge in [-0.2, -0.15) is 0 Å². The van der Waals surface area contributed by atoms with Crippen LogP contribution < -0.4 is 5.73 Å². The van der Waals surface area contributed by atoms with Gasteiger partial charge in [-0.15, -0.1) is 0 Å². The molecule has 1 aromatic rings. The summed E-state index contributed by atoms with van der Waals surface area (Å²) in [7, 11) is 0. The molecule has 0 bridgehead atoms. The standard InChI is InChI=1S/C12H17N/c1-8(2)9-3-4-10-6-12(13)7-11(10)5-9/h3-5,8,12H,6-7,13H2,1-2H3. The Morgan fingerprint density at radius 3 is 2.62 bits per heavy atom. The van der Waals surface area contributed by atoms with E-state index < -0.39 is 0 Å². The van der Waals surface area contributed by atoms with Gasteiger partial charge in [0.25, 0.3) is 0 Å². The SMILES string of the molecule is CC(C)c1ccc2c(c1)CC(N)C2. The van der Waals surface area contributed by atoms with Crippen LogP contribution in [0.2, 0.25) is 0 Å². The van der Waals surface area contributed by atoms with E-state index in [1.165, 1.54) is 16.7 Å². The zero-order valence-corrected chi connectivity index (χ0v) is 8.38. The first-order valence-corrected chi connectivity index (χ1v) is 5.04. The van der Waals surface area contributed by atoms with Gasteiger partial charge in [0.2, 0.25) is 0 Å². The van der Waals surface area contributed by atoms with Crippen LogP contribution in [0.5, 0.6) is 0 Å². The van der Waals surface area contributed by atoms with Gasteiger partial charge < -0.3 is 5.73 Å². The van der Waals surface area contributed by atoms with Gasteiger partial charge in [0.15, 0.2) is 0 Å². The van der Waals surface area contributed by atoms with Crippen LogP contribution in [0.3, 0.4) is 0 Å². The molecule has 0 heterocycles. The topological polar surface area (TPSA) is 26.0 Å². The first kappa shape index (κ1) is 8.76. The number of rotatable bonds is 1. The highest BCUT2D eigenvalue weighted by Crippen LogP contribution is 2.25. The third-order valence-corrected chi connectivity index (χ3v) is 2.86. The van der Waals surface area contributed by atoms with Gasteiger partial charge in [0.05, 0.1) is 0 Å². The van der Waals surface area contributed by atoms with Crippen LogP contribution in [0.4, 0.5) is 0 Å². The molecule has 1 nitrogen and oxygen atoms in total. The van der Waals surface area contributed by atoms with Crippen LogP contribution in [-0.4, -0.2) is 6.04 Å². The fourth-order valence-electron chi connectivity index (χ4n) is 2.03. The molecule has 2 N–H and O–H groups in total. The predicted octanol–water partition coefficient (Wildman–Crippen LogP) is 2.24. The molecule has 70 valence electrons. The van der Waals surface area contributed by atoms with Crippen molar-refractivity contribution in [2.75, 3.05) is 0 Å². The van der Waals surface area contributed by atoms with E-state index in [2.05, 4.69) is 32.0 Å². The Hall–Kier alpha value is -0.820. The fourth-order valence-corrected chi connectivity index (χ4v) is 2.03. The van der Waals surface area contributed by atoms with Gasteiger partial charge in [0, 0.05) is 6.04 Å². The van der Waals surface area contributed by atoms with E-state index in [0.717, 1.165) is 12.8 Å². The minimum absolute atomic E-state index is 0.359. The van der Waals surface area contributed by atoms with E-state index in [0.29, 0.717) is 12.0 Å². The Bertz CT molecular complexity index is 315. The zero-order chi connectivity index (χ0) is 9.42. The van der Waals surface area contributed by atoms with Crippen molar-refractivity contribution < 1.29 is 0 Å². The van der Waals surface area contributed by atoms with Crippen molar-refractivity contribution in [3.8, 4) is 0 Å². The maximum absolute atomic E-state index is 5.91. The second kappa shape index (κ2) is 3.15. The summed E-state index contributed by atoms with van der Waals surface area (Å²) >= 11 is 0. The Labute approximate surface area is 80.0 Å². The van der Waals surface area contributed by atoms with Gasteiger partial charge in [-0.3, -0.25) is 0 Å². The normalized spacial score (nSPS) is 20.8. The number of hydrogen-bond acceptors (Lipinski definition) is 1. The van der Waals surface area contributed by atoms with Gasteiger partial charge in [-0.05, 0) is 35.4 Å². The monoisotopic (exact) mass is 175 g/mol. The average Bonchev–Trinajstić information content (AvgIpc) is 2.42. The number of nitrogens with two attached hydrogens (primary N) is 1. The number of hydrogen-bond donors (Lipinski definition) is 1. The molecule has 0 aromatic heterocycles. The van der Waals surface area contributed by atoms with Crippen molar-refractivity contribution >= 4 is 0 Å². The first-order chi connectivity index (χ1) is 6.16. The average molecular weight is 175 g/mol. The Morgan fingerprint density at radius 1 is 1.23 bits per heavy atom. The molecule has 13 heavy (non-hydrogen) atoms. The predicted molar refractivity (Wildman–Crippen MR) is 55.9 cm³/mol. The van der Waals surface area contributed by atoms with Crippen LogP contribution in [0.15, 0.2) is 18.2 Å². The van der Waals surface area contributed by atoms with E-state index in [-0.39, 0.29) is 0 Å². The summed E-state index contributed by atoms with van der Waals surface area (Å²) < 4.78 is 0. The molecule has 1 heteroatoms. The van der Waals surface area contributed by atoms with Gasteiger partial charge in [0.1, 0.15) is 0 Å². The summed E-state index contributed by atoms with van der Waals surface area (Å²) in [6.45, 7) is 4.47. The van der Waals surface area contributed by atoms with Crippen molar-refractivity contribution in [3.05, 3.63) is 34.9 Å². The van der Waals surface area contributed by atoms with Gasteiger partial charge in [-0.1, -0.05) is 32.0 Å². The quantitative estimate of drug-likeness (QED) is 0.696. The highest BCUT2D eigenvalue weighted by Gasteiger charge is 2.18. The highest BCUT2D eigenvalue weighted by molar-refractivity contribution is 5.37. The summed E-state index contributed by atoms with van der Waals surface area (Å²) in [5.41, 5.74) is 10.3. The minimum atomic E-state index is 0.359. The van der Waals surface area contributed by atoms with Crippen molar-refractivity contribution in [2.45, 2.75) is 38.6 Å². The molecule has 0 fully saturated rings. The maximum Gasteiger partial charge on any atom is 0.0120 e. The lowest BCUT2D eigenvalue weighted by molar-refractivity contribution is 0.721. The Kier molecular flexibility index (Phi) is 2.12. The summed E-state index contributed by atoms with van der Waals surface area (Å²) in [4.78, 5) is 0. The molecule has 1 aromatic carbocycles. The van der Waals surface area contributed by atoms with Gasteiger partial charge >= 0.3 is 0 Å². The van der Waals surface area contributed by atoms with Crippen LogP contribution in [0.1, 0.15) is 36.5 Å². The van der Waals surface area contributed by atoms with Crippen molar-refractivity contribution in [2.24, 2.45) is 5.73 Å². The molecule has 0 aliphatic heterocycles. The van der Waals surface area contributed by atoms with E-state index >= 15 is 0 Å². The molecule has 0 spiro atoms. The minimum Gasteiger partial charge on any atom is -0.327 e. The lowest BCUT2D eigenvalue weighted by atomic mass is 9.99. The van der Waals surface area contributed by atoms with Crippen molar-refractivity contribution in [1.29, 1.82) is 0 Å². The van der Waals surface area contributed by atoms with E-state index in [1.54, 1.807) is 0 Å². The third kappa shape index (κ3) is 1.61. The highest BCUT2D eigenvalue weighted by atomic mass is 14.6.